The van der Waals surface area contributed by atoms with Crippen LogP contribution in [0.25, 0.3) is 11.5 Å². The molecule has 0 bridgehead atoms. The maximum Gasteiger partial charge on any atom is 0.195 e. The van der Waals surface area contributed by atoms with Gasteiger partial charge in [-0.3, -0.25) is 19.3 Å². The lowest BCUT2D eigenvalue weighted by Gasteiger charge is -2.05. The van der Waals surface area contributed by atoms with E-state index in [2.05, 4.69) is 25.5 Å². The van der Waals surface area contributed by atoms with E-state index in [-0.39, 0.29) is 0 Å². The Morgan fingerprint density at radius 2 is 2.16 bits per heavy atom. The van der Waals surface area contributed by atoms with Crippen LogP contribution in [0.3, 0.4) is 0 Å². The summed E-state index contributed by atoms with van der Waals surface area (Å²) in [6.45, 7) is 1.33. The first kappa shape index (κ1) is 11.7. The summed E-state index contributed by atoms with van der Waals surface area (Å²) in [5.41, 5.74) is 0.786. The van der Waals surface area contributed by atoms with Crippen LogP contribution in [0.1, 0.15) is 0 Å². The molecular formula is C11H11N7S. The quantitative estimate of drug-likeness (QED) is 0.725. The minimum Gasteiger partial charge on any atom is -0.297 e. The molecule has 19 heavy (non-hydrogen) atoms. The summed E-state index contributed by atoms with van der Waals surface area (Å²) in [5.74, 6) is 0.728. The van der Waals surface area contributed by atoms with Crippen molar-refractivity contribution in [1.29, 1.82) is 0 Å². The average Bonchev–Trinajstić information content (AvgIpc) is 3.07. The molecule has 0 atom stereocenters. The third-order valence-corrected chi connectivity index (χ3v) is 2.99. The summed E-state index contributed by atoms with van der Waals surface area (Å²) in [7, 11) is 0. The van der Waals surface area contributed by atoms with Crippen LogP contribution in [0.15, 0.2) is 36.8 Å². The van der Waals surface area contributed by atoms with Gasteiger partial charge in [0, 0.05) is 18.9 Å². The highest BCUT2D eigenvalue weighted by Gasteiger charge is 2.09. The molecule has 3 heterocycles. The molecule has 8 heteroatoms. The molecule has 3 aromatic heterocycles. The Bertz CT molecular complexity index is 698. The third-order valence-electron chi connectivity index (χ3n) is 2.68. The Morgan fingerprint density at radius 3 is 2.89 bits per heavy atom. The van der Waals surface area contributed by atoms with E-state index in [0.29, 0.717) is 17.9 Å². The molecule has 0 aliphatic heterocycles. The first-order chi connectivity index (χ1) is 9.34. The number of hydrogen-bond donors (Lipinski definition) is 1. The Hall–Kier alpha value is -2.35. The summed E-state index contributed by atoms with van der Waals surface area (Å²) in [6.07, 6.45) is 5.19. The first-order valence-electron chi connectivity index (χ1n) is 5.75. The van der Waals surface area contributed by atoms with E-state index >= 15 is 0 Å². The highest BCUT2D eigenvalue weighted by atomic mass is 32.1. The van der Waals surface area contributed by atoms with Crippen LogP contribution in [0.4, 0.5) is 0 Å². The van der Waals surface area contributed by atoms with Gasteiger partial charge < -0.3 is 0 Å². The zero-order chi connectivity index (χ0) is 13.1. The van der Waals surface area contributed by atoms with Gasteiger partial charge in [-0.1, -0.05) is 11.3 Å². The molecule has 0 aliphatic carbocycles. The standard InChI is InChI=1S/C11H11N7S/c19-11-15-14-10(9-3-1-2-4-12-9)18(11)8-7-17-6-5-13-16-17/h1-6H,7-8H2,(H,15,19). The van der Waals surface area contributed by atoms with Gasteiger partial charge in [0.05, 0.1) is 12.7 Å². The van der Waals surface area contributed by atoms with E-state index in [9.17, 15) is 0 Å². The fourth-order valence-corrected chi connectivity index (χ4v) is 1.99. The van der Waals surface area contributed by atoms with Crippen LogP contribution in [-0.2, 0) is 13.1 Å². The van der Waals surface area contributed by atoms with E-state index in [1.54, 1.807) is 17.1 Å². The summed E-state index contributed by atoms with van der Waals surface area (Å²) in [5, 5.41) is 14.7. The first-order valence-corrected chi connectivity index (χ1v) is 6.16. The van der Waals surface area contributed by atoms with Crippen molar-refractivity contribution in [2.75, 3.05) is 0 Å². The number of hydrogen-bond acceptors (Lipinski definition) is 5. The van der Waals surface area contributed by atoms with Gasteiger partial charge in [0.2, 0.25) is 0 Å². The molecule has 96 valence electrons. The van der Waals surface area contributed by atoms with Crippen molar-refractivity contribution in [2.24, 2.45) is 0 Å². The van der Waals surface area contributed by atoms with Gasteiger partial charge in [-0.2, -0.15) is 5.10 Å². The minimum atomic E-state index is 0.570. The minimum absolute atomic E-state index is 0.570. The Kier molecular flexibility index (Phi) is 3.15. The molecule has 7 nitrogen and oxygen atoms in total. The molecule has 0 saturated carbocycles. The highest BCUT2D eigenvalue weighted by Crippen LogP contribution is 2.13. The molecule has 0 aromatic carbocycles. The maximum absolute atomic E-state index is 5.24. The summed E-state index contributed by atoms with van der Waals surface area (Å²) >= 11 is 5.24. The van der Waals surface area contributed by atoms with E-state index in [4.69, 9.17) is 12.2 Å². The SMILES string of the molecule is S=c1[nH]nc(-c2ccccn2)n1CCn1ccnn1. The van der Waals surface area contributed by atoms with Crippen molar-refractivity contribution in [3.8, 4) is 11.5 Å². The lowest BCUT2D eigenvalue weighted by molar-refractivity contribution is 0.518. The van der Waals surface area contributed by atoms with Crippen molar-refractivity contribution < 1.29 is 0 Å². The Morgan fingerprint density at radius 1 is 1.21 bits per heavy atom. The second kappa shape index (κ2) is 5.11. The lowest BCUT2D eigenvalue weighted by Crippen LogP contribution is -2.09. The molecule has 0 fully saturated rings. The molecule has 0 aliphatic rings. The van der Waals surface area contributed by atoms with E-state index in [0.717, 1.165) is 11.5 Å². The summed E-state index contributed by atoms with van der Waals surface area (Å²) in [4.78, 5) is 4.28. The van der Waals surface area contributed by atoms with Crippen LogP contribution in [0, 0.1) is 4.77 Å². The van der Waals surface area contributed by atoms with E-state index < -0.39 is 0 Å². The van der Waals surface area contributed by atoms with Crippen LogP contribution in [0.5, 0.6) is 0 Å². The predicted molar refractivity (Wildman–Crippen MR) is 70.7 cm³/mol. The lowest BCUT2D eigenvalue weighted by atomic mass is 10.3. The number of rotatable bonds is 4. The monoisotopic (exact) mass is 273 g/mol. The molecule has 0 saturated heterocycles. The van der Waals surface area contributed by atoms with Gasteiger partial charge in [-0.05, 0) is 24.4 Å². The second-order valence-electron chi connectivity index (χ2n) is 3.89. The van der Waals surface area contributed by atoms with Crippen LogP contribution in [0.2, 0.25) is 0 Å². The van der Waals surface area contributed by atoms with Crippen molar-refractivity contribution >= 4 is 12.2 Å². The van der Waals surface area contributed by atoms with Gasteiger partial charge in [0.25, 0.3) is 0 Å². The fraction of sp³-hybridized carbons (Fsp3) is 0.182. The van der Waals surface area contributed by atoms with Crippen molar-refractivity contribution in [3.05, 3.63) is 41.6 Å². The van der Waals surface area contributed by atoms with Crippen molar-refractivity contribution in [3.63, 3.8) is 0 Å². The van der Waals surface area contributed by atoms with Crippen molar-refractivity contribution in [1.82, 2.24) is 34.7 Å². The molecule has 3 rings (SSSR count). The smallest absolute Gasteiger partial charge is 0.195 e. The number of pyridine rings is 1. The van der Waals surface area contributed by atoms with E-state index in [1.165, 1.54) is 0 Å². The average molecular weight is 273 g/mol. The molecule has 0 unspecified atom stereocenters. The molecule has 3 aromatic rings. The molecule has 0 amide bonds. The van der Waals surface area contributed by atoms with Gasteiger partial charge in [-0.15, -0.1) is 5.10 Å². The number of aryl methyl sites for hydroxylation is 1. The van der Waals surface area contributed by atoms with E-state index in [1.807, 2.05) is 29.0 Å². The zero-order valence-corrected chi connectivity index (χ0v) is 10.8. The van der Waals surface area contributed by atoms with Gasteiger partial charge >= 0.3 is 0 Å². The van der Waals surface area contributed by atoms with Gasteiger partial charge in [0.1, 0.15) is 5.69 Å². The molecule has 0 spiro atoms. The molecule has 0 radical (unpaired) electrons. The van der Waals surface area contributed by atoms with Crippen LogP contribution < -0.4 is 0 Å². The number of aromatic nitrogens is 7. The number of nitrogens with zero attached hydrogens (tertiary/aromatic N) is 6. The Labute approximate surface area is 113 Å². The summed E-state index contributed by atoms with van der Waals surface area (Å²) < 4.78 is 4.22. The number of aromatic amines is 1. The molecule has 1 N–H and O–H groups in total. The predicted octanol–water partition coefficient (Wildman–Crippen LogP) is 1.29. The number of H-pyrrole nitrogens is 1. The van der Waals surface area contributed by atoms with Crippen molar-refractivity contribution in [2.45, 2.75) is 13.1 Å². The van der Waals surface area contributed by atoms with Crippen LogP contribution >= 0.6 is 12.2 Å². The number of nitrogens with one attached hydrogen (secondary N) is 1. The maximum atomic E-state index is 5.24. The largest absolute Gasteiger partial charge is 0.297 e. The van der Waals surface area contributed by atoms with Gasteiger partial charge in [0.15, 0.2) is 10.6 Å². The molecular weight excluding hydrogens is 262 g/mol. The normalized spacial score (nSPS) is 10.7. The third kappa shape index (κ3) is 2.43. The highest BCUT2D eigenvalue weighted by molar-refractivity contribution is 7.71. The zero-order valence-electron chi connectivity index (χ0n) is 9.97. The topological polar surface area (TPSA) is 77.2 Å². The second-order valence-corrected chi connectivity index (χ2v) is 4.27. The van der Waals surface area contributed by atoms with Gasteiger partial charge in [-0.25, -0.2) is 0 Å². The summed E-state index contributed by atoms with van der Waals surface area (Å²) in [6, 6.07) is 5.68. The van der Waals surface area contributed by atoms with Crippen LogP contribution in [-0.4, -0.2) is 34.7 Å². The fourth-order valence-electron chi connectivity index (χ4n) is 1.77. The Balaban J connectivity index is 1.89.